The van der Waals surface area contributed by atoms with Crippen LogP contribution in [0, 0.1) is 0 Å². The van der Waals surface area contributed by atoms with Gasteiger partial charge in [0.15, 0.2) is 50.3 Å². The van der Waals surface area contributed by atoms with E-state index >= 15 is 0 Å². The van der Waals surface area contributed by atoms with Crippen LogP contribution >= 0.6 is 0 Å². The van der Waals surface area contributed by atoms with Crippen LogP contribution in [0.1, 0.15) is 16.7 Å². The first-order valence-corrected chi connectivity index (χ1v) is 34.8. The SMILES string of the molecule is OC[C@H]1O[C@@H]2O[C@H]3[C@@H](O)[C@@H](O)[C@@H](O[C@H]4[C@H](O)[C@@H](O)[C@@H](O[C@H]5[C@H](O)[C@@H](O)[C@@H](O[C@H]6[C@H](O)[C@@H](O)[C@@H](O[C@H]7[C@H](O)[C@@H](O)[C@@H](O[C@H]8[C@H](O)[C@@H](O)[C@@H](O[C@H]9[C@@H](O)[C@H](O)[C@@H](O[C@H]1[C@H](O)[C@H]2O)O[C@@H]9CO)O[C@@H]8CO)O[C@@H]7CO)O[C@@H]6CO)O[C@@H]5CO)O[C@@H]4COC(c1ccccc1)(c1ccccc1)c1ccccc1)O[C@@H]3CO. The molecule has 30 fully saturated rings. The van der Waals surface area contributed by atoms with Crippen molar-refractivity contribution in [1.29, 1.82) is 0 Å². The highest BCUT2D eigenvalue weighted by Gasteiger charge is 2.61. The number of aliphatic hydroxyl groups excluding tert-OH is 23. The van der Waals surface area contributed by atoms with Crippen LogP contribution in [0.25, 0.3) is 0 Å². The van der Waals surface area contributed by atoms with Crippen molar-refractivity contribution >= 4 is 0 Å². The molecule has 0 aliphatic carbocycles. The van der Waals surface area contributed by atoms with Crippen LogP contribution < -0.4 is 0 Å². The molecule has 33 rings (SSSR count). The minimum atomic E-state index is -2.30. The molecular formula is C67H94O40. The summed E-state index contributed by atoms with van der Waals surface area (Å²) < 4.78 is 102. The predicted molar refractivity (Wildman–Crippen MR) is 339 cm³/mol. The van der Waals surface area contributed by atoms with Gasteiger partial charge in [0.1, 0.15) is 201 Å². The molecule has 0 unspecified atom stereocenters. The summed E-state index contributed by atoms with van der Waals surface area (Å²) >= 11 is 0. The molecule has 40 nitrogen and oxygen atoms in total. The quantitative estimate of drug-likeness (QED) is 0.0707. The van der Waals surface area contributed by atoms with E-state index in [1.54, 1.807) is 91.0 Å². The first-order chi connectivity index (χ1) is 51.4. The summed E-state index contributed by atoms with van der Waals surface area (Å²) in [7, 11) is 0. The molecule has 30 aliphatic heterocycles. The zero-order chi connectivity index (χ0) is 76.6. The Morgan fingerprint density at radius 1 is 0.206 bits per heavy atom. The van der Waals surface area contributed by atoms with E-state index in [0.29, 0.717) is 16.7 Å². The minimum absolute atomic E-state index is 0.540. The van der Waals surface area contributed by atoms with Gasteiger partial charge in [-0.3, -0.25) is 0 Å². The summed E-state index contributed by atoms with van der Waals surface area (Å²) in [5.41, 5.74) is 0.0418. The van der Waals surface area contributed by atoms with E-state index in [-0.39, 0.29) is 0 Å². The van der Waals surface area contributed by atoms with Crippen LogP contribution in [0.15, 0.2) is 91.0 Å². The van der Waals surface area contributed by atoms with E-state index in [1.165, 1.54) is 0 Å². The van der Waals surface area contributed by atoms with Crippen molar-refractivity contribution in [2.75, 3.05) is 52.9 Å². The van der Waals surface area contributed by atoms with Crippen molar-refractivity contribution < 1.29 is 198 Å². The molecule has 30 heterocycles. The van der Waals surface area contributed by atoms with Crippen molar-refractivity contribution in [2.45, 2.75) is 251 Å². The average molecular weight is 1540 g/mol. The highest BCUT2D eigenvalue weighted by atomic mass is 16.8. The second kappa shape index (κ2) is 35.6. The molecule has 0 spiro atoms. The third kappa shape index (κ3) is 16.3. The van der Waals surface area contributed by atoms with E-state index in [2.05, 4.69) is 0 Å². The molecule has 30 saturated heterocycles. The number of benzene rings is 3. The lowest BCUT2D eigenvalue weighted by Crippen LogP contribution is -2.69. The van der Waals surface area contributed by atoms with Gasteiger partial charge in [0.2, 0.25) is 0 Å². The van der Waals surface area contributed by atoms with Gasteiger partial charge in [-0.1, -0.05) is 91.0 Å². The van der Waals surface area contributed by atoms with Crippen LogP contribution in [0.2, 0.25) is 0 Å². The standard InChI is InChI=1S/C67H94O40/c68-16-27-51-35(75)43(83)59(92-27)101-52-28(17-69)94-61(45(85)37(52)77)103-54-30(19-71)96-63(47(87)39(54)79)105-56-32(21-73)98-65(49(89)41(56)81)107-58-34(23-91-67(24-10-4-1-5-11-24,25-12-6-2-7-13-25)26-14-8-3-9-15-26)99-66(50(90)42(58)82)106-57-33(22-74)97-64(48(88)40(57)80)104-55-31(20-72)95-62(46(86)38(55)78)102-53-29(18-70)93-60(100-51)44(84)36(53)76/h1-15,27-66,68-90H,16-23H2/t27-,28-,29-,30-,31-,32-,33-,34-,35-,36-,37+,38-,39-,40-,41+,42-,43-,44-,45+,46-,47-,48-,49-,50-,51-,52-,53-,54-,55-,56-,57-,58-,59-,60-,61-,62-,63-,64-,65-,66-/m1/s1. The van der Waals surface area contributed by atoms with E-state index < -0.39 is 304 Å². The molecule has 23 N–H and O–H groups in total. The molecule has 30 aliphatic rings. The van der Waals surface area contributed by atoms with Crippen LogP contribution in [-0.4, -0.2) is 416 Å². The van der Waals surface area contributed by atoms with E-state index in [4.69, 9.17) is 80.5 Å². The number of aliphatic hydroxyl groups is 23. The van der Waals surface area contributed by atoms with Crippen molar-refractivity contribution in [1.82, 2.24) is 0 Å². The fraction of sp³-hybridized carbons (Fsp3) is 0.731. The Labute approximate surface area is 608 Å². The molecular weight excluding hydrogens is 1440 g/mol. The largest absolute Gasteiger partial charge is 0.394 e. The molecule has 0 saturated carbocycles. The molecule has 107 heavy (non-hydrogen) atoms. The van der Waals surface area contributed by atoms with E-state index in [1.807, 2.05) is 0 Å². The van der Waals surface area contributed by atoms with E-state index in [0.717, 1.165) is 0 Å². The monoisotopic (exact) mass is 1540 g/mol. The number of hydrogen-bond donors (Lipinski definition) is 23. The average Bonchev–Trinajstić information content (AvgIpc) is 0.806. The van der Waals surface area contributed by atoms with Crippen LogP contribution in [0.5, 0.6) is 0 Å². The molecule has 40 heteroatoms. The van der Waals surface area contributed by atoms with Gasteiger partial charge in [-0.15, -0.1) is 0 Å². The number of ether oxygens (including phenoxy) is 17. The molecule has 602 valence electrons. The maximum atomic E-state index is 12.4. The molecule has 0 radical (unpaired) electrons. The van der Waals surface area contributed by atoms with Gasteiger partial charge >= 0.3 is 0 Å². The maximum Gasteiger partial charge on any atom is 0.187 e. The molecule has 0 amide bonds. The van der Waals surface area contributed by atoms with Crippen molar-refractivity contribution in [3.8, 4) is 0 Å². The second-order valence-corrected chi connectivity index (χ2v) is 27.4. The molecule has 0 aromatic heterocycles. The highest BCUT2D eigenvalue weighted by Crippen LogP contribution is 2.44. The molecule has 3 aromatic rings. The lowest BCUT2D eigenvalue weighted by molar-refractivity contribution is -0.404. The minimum Gasteiger partial charge on any atom is -0.394 e. The lowest BCUT2D eigenvalue weighted by atomic mass is 9.80. The summed E-state index contributed by atoms with van der Waals surface area (Å²) in [6.07, 6.45) is -83.0. The van der Waals surface area contributed by atoms with Crippen molar-refractivity contribution in [3.05, 3.63) is 108 Å². The fourth-order valence-corrected chi connectivity index (χ4v) is 14.9. The van der Waals surface area contributed by atoms with Crippen molar-refractivity contribution in [3.63, 3.8) is 0 Å². The summed E-state index contributed by atoms with van der Waals surface area (Å²) in [5, 5.41) is 262. The van der Waals surface area contributed by atoms with Gasteiger partial charge < -0.3 is 198 Å². The maximum absolute atomic E-state index is 12.4. The third-order valence-corrected chi connectivity index (χ3v) is 20.7. The summed E-state index contributed by atoms with van der Waals surface area (Å²) in [4.78, 5) is 0. The Hall–Kier alpha value is -3.94. The predicted octanol–water partition coefficient (Wildman–Crippen LogP) is -12.4. The van der Waals surface area contributed by atoms with E-state index in [9.17, 15) is 117 Å². The zero-order valence-corrected chi connectivity index (χ0v) is 56.6. The topological polar surface area (TPSA) is 622 Å². The first-order valence-electron chi connectivity index (χ1n) is 34.8. The second-order valence-electron chi connectivity index (χ2n) is 27.4. The molecule has 3 aromatic carbocycles. The van der Waals surface area contributed by atoms with Gasteiger partial charge in [0.05, 0.1) is 52.9 Å². The van der Waals surface area contributed by atoms with Gasteiger partial charge in [-0.05, 0) is 16.7 Å². The third-order valence-electron chi connectivity index (χ3n) is 20.7. The Bertz CT molecular complexity index is 3090. The molecule has 16 bridgehead atoms. The van der Waals surface area contributed by atoms with Gasteiger partial charge in [-0.2, -0.15) is 0 Å². The smallest absolute Gasteiger partial charge is 0.187 e. The Morgan fingerprint density at radius 3 is 0.514 bits per heavy atom. The van der Waals surface area contributed by atoms with Crippen LogP contribution in [0.3, 0.4) is 0 Å². The molecule has 40 atom stereocenters. The lowest BCUT2D eigenvalue weighted by Gasteiger charge is -2.51. The van der Waals surface area contributed by atoms with Gasteiger partial charge in [-0.25, -0.2) is 0 Å². The number of rotatable bonds is 13. The van der Waals surface area contributed by atoms with Crippen LogP contribution in [0.4, 0.5) is 0 Å². The number of hydrogen-bond acceptors (Lipinski definition) is 40. The van der Waals surface area contributed by atoms with Crippen molar-refractivity contribution in [2.24, 2.45) is 0 Å². The van der Waals surface area contributed by atoms with Gasteiger partial charge in [0.25, 0.3) is 0 Å². The summed E-state index contributed by atoms with van der Waals surface area (Å²) in [6, 6.07) is 26.4. The summed E-state index contributed by atoms with van der Waals surface area (Å²) in [5.74, 6) is 0. The Morgan fingerprint density at radius 2 is 0.355 bits per heavy atom. The highest BCUT2D eigenvalue weighted by molar-refractivity contribution is 5.47. The first kappa shape index (κ1) is 82.5. The van der Waals surface area contributed by atoms with Gasteiger partial charge in [0, 0.05) is 0 Å². The Balaban J connectivity index is 0.857. The zero-order valence-electron chi connectivity index (χ0n) is 56.6. The fourth-order valence-electron chi connectivity index (χ4n) is 14.9. The summed E-state index contributed by atoms with van der Waals surface area (Å²) in [6.45, 7) is -8.33. The Kier molecular flexibility index (Phi) is 27.5. The van der Waals surface area contributed by atoms with Crippen LogP contribution in [-0.2, 0) is 86.1 Å². The normalized spacial score (nSPS) is 47.7.